The zero-order valence-corrected chi connectivity index (χ0v) is 12.6. The SMILES string of the molecule is CCCCC(=O)[C@@H](CCC)c1ccc2ccccc2c1. The third kappa shape index (κ3) is 3.47. The van der Waals surface area contributed by atoms with Crippen molar-refractivity contribution in [1.29, 1.82) is 0 Å². The Morgan fingerprint density at radius 1 is 1.00 bits per heavy atom. The van der Waals surface area contributed by atoms with Gasteiger partial charge in [-0.2, -0.15) is 0 Å². The van der Waals surface area contributed by atoms with Crippen molar-refractivity contribution in [2.24, 2.45) is 0 Å². The Bertz CT molecular complexity index is 571. The van der Waals surface area contributed by atoms with E-state index in [4.69, 9.17) is 0 Å². The first kappa shape index (κ1) is 14.8. The summed E-state index contributed by atoms with van der Waals surface area (Å²) in [6.07, 6.45) is 4.82. The fourth-order valence-electron chi connectivity index (χ4n) is 2.75. The van der Waals surface area contributed by atoms with Gasteiger partial charge in [0.15, 0.2) is 0 Å². The summed E-state index contributed by atoms with van der Waals surface area (Å²) in [6.45, 7) is 4.29. The molecule has 0 aromatic heterocycles. The van der Waals surface area contributed by atoms with Gasteiger partial charge in [-0.25, -0.2) is 0 Å². The molecule has 0 N–H and O–H groups in total. The molecule has 2 aromatic rings. The molecular weight excluding hydrogens is 244 g/mol. The van der Waals surface area contributed by atoms with Crippen LogP contribution in [0.1, 0.15) is 57.4 Å². The van der Waals surface area contributed by atoms with E-state index in [0.29, 0.717) is 12.2 Å². The van der Waals surface area contributed by atoms with Crippen molar-refractivity contribution in [3.8, 4) is 0 Å². The molecule has 0 fully saturated rings. The molecule has 0 spiro atoms. The Balaban J connectivity index is 2.28. The summed E-state index contributed by atoms with van der Waals surface area (Å²) in [4.78, 5) is 12.4. The van der Waals surface area contributed by atoms with Crippen molar-refractivity contribution in [3.05, 3.63) is 48.0 Å². The third-order valence-electron chi connectivity index (χ3n) is 3.92. The first-order valence-electron chi connectivity index (χ1n) is 7.77. The van der Waals surface area contributed by atoms with Crippen LogP contribution in [-0.4, -0.2) is 5.78 Å². The van der Waals surface area contributed by atoms with E-state index < -0.39 is 0 Å². The first-order valence-corrected chi connectivity index (χ1v) is 7.77. The number of ketones is 1. The molecule has 1 nitrogen and oxygen atoms in total. The summed E-state index contributed by atoms with van der Waals surface area (Å²) < 4.78 is 0. The Hall–Kier alpha value is -1.63. The van der Waals surface area contributed by atoms with Crippen LogP contribution < -0.4 is 0 Å². The van der Waals surface area contributed by atoms with E-state index in [9.17, 15) is 4.79 Å². The smallest absolute Gasteiger partial charge is 0.140 e. The molecule has 0 aliphatic carbocycles. The van der Waals surface area contributed by atoms with Crippen molar-refractivity contribution in [3.63, 3.8) is 0 Å². The van der Waals surface area contributed by atoms with Gasteiger partial charge in [-0.05, 0) is 29.2 Å². The van der Waals surface area contributed by atoms with Gasteiger partial charge in [-0.1, -0.05) is 69.2 Å². The number of carbonyl (C=O) groups excluding carboxylic acids is 1. The molecule has 2 rings (SSSR count). The maximum atomic E-state index is 12.4. The second-order valence-electron chi connectivity index (χ2n) is 5.52. The Kier molecular flexibility index (Phi) is 5.34. The summed E-state index contributed by atoms with van der Waals surface area (Å²) in [5.74, 6) is 0.486. The minimum Gasteiger partial charge on any atom is -0.299 e. The Morgan fingerprint density at radius 2 is 1.75 bits per heavy atom. The predicted octanol–water partition coefficient (Wildman–Crippen LogP) is 5.48. The van der Waals surface area contributed by atoms with Gasteiger partial charge in [0, 0.05) is 12.3 Å². The largest absolute Gasteiger partial charge is 0.299 e. The van der Waals surface area contributed by atoms with Crippen LogP contribution in [0.25, 0.3) is 10.8 Å². The van der Waals surface area contributed by atoms with Crippen LogP contribution in [0, 0.1) is 0 Å². The first-order chi connectivity index (χ1) is 9.76. The minimum absolute atomic E-state index is 0.0798. The van der Waals surface area contributed by atoms with E-state index in [1.807, 2.05) is 0 Å². The lowest BCUT2D eigenvalue weighted by atomic mass is 9.87. The monoisotopic (exact) mass is 268 g/mol. The van der Waals surface area contributed by atoms with Gasteiger partial charge in [0.1, 0.15) is 5.78 Å². The van der Waals surface area contributed by atoms with Gasteiger partial charge in [-0.3, -0.25) is 4.79 Å². The molecule has 0 radical (unpaired) electrons. The van der Waals surface area contributed by atoms with E-state index in [-0.39, 0.29) is 5.92 Å². The predicted molar refractivity (Wildman–Crippen MR) is 86.1 cm³/mol. The second-order valence-corrected chi connectivity index (χ2v) is 5.52. The molecule has 0 saturated carbocycles. The van der Waals surface area contributed by atoms with Crippen LogP contribution in [0.5, 0.6) is 0 Å². The highest BCUT2D eigenvalue weighted by Gasteiger charge is 2.19. The zero-order chi connectivity index (χ0) is 14.4. The average molecular weight is 268 g/mol. The Labute approximate surface area is 122 Å². The topological polar surface area (TPSA) is 17.1 Å². The maximum absolute atomic E-state index is 12.4. The Morgan fingerprint density at radius 3 is 2.45 bits per heavy atom. The lowest BCUT2D eigenvalue weighted by Crippen LogP contribution is -2.12. The molecule has 1 heteroatoms. The maximum Gasteiger partial charge on any atom is 0.140 e. The van der Waals surface area contributed by atoms with Crippen molar-refractivity contribution in [1.82, 2.24) is 0 Å². The summed E-state index contributed by atoms with van der Waals surface area (Å²) in [7, 11) is 0. The molecule has 0 amide bonds. The molecule has 1 atom stereocenters. The minimum atomic E-state index is 0.0798. The van der Waals surface area contributed by atoms with Crippen LogP contribution in [0.15, 0.2) is 42.5 Å². The van der Waals surface area contributed by atoms with Gasteiger partial charge in [0.05, 0.1) is 0 Å². The molecular formula is C19H24O. The van der Waals surface area contributed by atoms with Gasteiger partial charge in [-0.15, -0.1) is 0 Å². The highest BCUT2D eigenvalue weighted by molar-refractivity contribution is 5.89. The molecule has 0 aliphatic heterocycles. The summed E-state index contributed by atoms with van der Waals surface area (Å²) >= 11 is 0. The van der Waals surface area contributed by atoms with Crippen LogP contribution >= 0.6 is 0 Å². The molecule has 0 aliphatic rings. The fourth-order valence-corrected chi connectivity index (χ4v) is 2.75. The number of rotatable bonds is 7. The van der Waals surface area contributed by atoms with E-state index in [0.717, 1.165) is 25.7 Å². The fraction of sp³-hybridized carbons (Fsp3) is 0.421. The molecule has 0 saturated heterocycles. The molecule has 106 valence electrons. The van der Waals surface area contributed by atoms with Gasteiger partial charge in [0.2, 0.25) is 0 Å². The van der Waals surface area contributed by atoms with Crippen LogP contribution in [0.2, 0.25) is 0 Å². The van der Waals surface area contributed by atoms with Crippen molar-refractivity contribution >= 4 is 16.6 Å². The second kappa shape index (κ2) is 7.23. The van der Waals surface area contributed by atoms with Crippen molar-refractivity contribution < 1.29 is 4.79 Å². The number of hydrogen-bond acceptors (Lipinski definition) is 1. The van der Waals surface area contributed by atoms with E-state index in [2.05, 4.69) is 56.3 Å². The molecule has 0 bridgehead atoms. The quantitative estimate of drug-likeness (QED) is 0.649. The number of unbranched alkanes of at least 4 members (excludes halogenated alkanes) is 1. The molecule has 20 heavy (non-hydrogen) atoms. The van der Waals surface area contributed by atoms with Gasteiger partial charge >= 0.3 is 0 Å². The van der Waals surface area contributed by atoms with Crippen LogP contribution in [0.3, 0.4) is 0 Å². The summed E-state index contributed by atoms with van der Waals surface area (Å²) in [5.41, 5.74) is 1.19. The average Bonchev–Trinajstić information content (AvgIpc) is 2.49. The van der Waals surface area contributed by atoms with Gasteiger partial charge < -0.3 is 0 Å². The van der Waals surface area contributed by atoms with Crippen LogP contribution in [0.4, 0.5) is 0 Å². The third-order valence-corrected chi connectivity index (χ3v) is 3.92. The van der Waals surface area contributed by atoms with Gasteiger partial charge in [0.25, 0.3) is 0 Å². The molecule has 2 aromatic carbocycles. The lowest BCUT2D eigenvalue weighted by molar-refractivity contribution is -0.120. The number of carbonyl (C=O) groups is 1. The number of fused-ring (bicyclic) bond motifs is 1. The highest BCUT2D eigenvalue weighted by atomic mass is 16.1. The zero-order valence-electron chi connectivity index (χ0n) is 12.6. The summed E-state index contributed by atoms with van der Waals surface area (Å²) in [6, 6.07) is 14.8. The summed E-state index contributed by atoms with van der Waals surface area (Å²) in [5, 5.41) is 2.47. The number of hydrogen-bond donors (Lipinski definition) is 0. The van der Waals surface area contributed by atoms with Crippen molar-refractivity contribution in [2.45, 2.75) is 51.9 Å². The molecule has 0 unspecified atom stereocenters. The van der Waals surface area contributed by atoms with Crippen LogP contribution in [-0.2, 0) is 4.79 Å². The van der Waals surface area contributed by atoms with E-state index in [1.54, 1.807) is 0 Å². The highest BCUT2D eigenvalue weighted by Crippen LogP contribution is 2.27. The van der Waals surface area contributed by atoms with Crippen molar-refractivity contribution in [2.75, 3.05) is 0 Å². The molecule has 0 heterocycles. The lowest BCUT2D eigenvalue weighted by Gasteiger charge is -2.16. The normalized spacial score (nSPS) is 12.5. The number of benzene rings is 2. The standard InChI is InChI=1S/C19H24O/c1-3-5-11-19(20)18(8-4-2)17-13-12-15-9-6-7-10-16(15)14-17/h6-7,9-10,12-14,18H,3-5,8,11H2,1-2H3/t18-/m0/s1. The van der Waals surface area contributed by atoms with E-state index >= 15 is 0 Å². The number of Topliss-reactive ketones (excluding diaryl/α,β-unsaturated/α-hetero) is 1. The van der Waals surface area contributed by atoms with E-state index in [1.165, 1.54) is 16.3 Å².